The molecule has 0 saturated carbocycles. The second kappa shape index (κ2) is 8.78. The van der Waals surface area contributed by atoms with Gasteiger partial charge in [-0.2, -0.15) is 0 Å². The molecule has 0 aliphatic carbocycles. The van der Waals surface area contributed by atoms with Gasteiger partial charge in [0, 0.05) is 36.0 Å². The number of pyridine rings is 2. The van der Waals surface area contributed by atoms with Gasteiger partial charge in [-0.3, -0.25) is 9.97 Å². The van der Waals surface area contributed by atoms with E-state index in [1.54, 1.807) is 0 Å². The van der Waals surface area contributed by atoms with Gasteiger partial charge in [0.1, 0.15) is 0 Å². The minimum absolute atomic E-state index is 0.828. The molecule has 0 aliphatic heterocycles. The van der Waals surface area contributed by atoms with Crippen molar-refractivity contribution in [2.75, 3.05) is 13.2 Å². The lowest BCUT2D eigenvalue weighted by Gasteiger charge is -2.07. The lowest BCUT2D eigenvalue weighted by Crippen LogP contribution is -2.01. The maximum absolute atomic E-state index is 5.77. The molecule has 0 aliphatic rings. The van der Waals surface area contributed by atoms with E-state index in [1.807, 2.05) is 0 Å². The van der Waals surface area contributed by atoms with Gasteiger partial charge in [-0.25, -0.2) is 0 Å². The van der Waals surface area contributed by atoms with E-state index in [1.165, 1.54) is 11.1 Å². The zero-order valence-corrected chi connectivity index (χ0v) is 14.9. The molecule has 0 unspecified atom stereocenters. The van der Waals surface area contributed by atoms with E-state index in [0.29, 0.717) is 0 Å². The molecule has 0 bridgehead atoms. The summed E-state index contributed by atoms with van der Waals surface area (Å²) in [5.41, 5.74) is 7.13. The quantitative estimate of drug-likeness (QED) is 0.682. The van der Waals surface area contributed by atoms with Crippen molar-refractivity contribution in [1.82, 2.24) is 9.97 Å². The average molecular weight is 312 g/mol. The summed E-state index contributed by atoms with van der Waals surface area (Å²) in [5, 5.41) is 0. The maximum atomic E-state index is 5.77. The summed E-state index contributed by atoms with van der Waals surface area (Å²) in [4.78, 5) is 8.82. The van der Waals surface area contributed by atoms with E-state index >= 15 is 0 Å². The molecule has 2 heterocycles. The van der Waals surface area contributed by atoms with E-state index < -0.39 is 0 Å². The number of hydrogen-bond donors (Lipinski definition) is 0. The topological polar surface area (TPSA) is 35.0 Å². The van der Waals surface area contributed by atoms with Crippen LogP contribution in [0.5, 0.6) is 0 Å². The summed E-state index contributed by atoms with van der Waals surface area (Å²) < 4.78 is 5.77. The highest BCUT2D eigenvalue weighted by atomic mass is 16.5. The van der Waals surface area contributed by atoms with Crippen molar-refractivity contribution in [1.29, 1.82) is 0 Å². The van der Waals surface area contributed by atoms with Crippen molar-refractivity contribution >= 4 is 0 Å². The molecule has 2 aromatic rings. The Morgan fingerprint density at radius 2 is 1.00 bits per heavy atom. The predicted octanol–water partition coefficient (Wildman–Crippen LogP) is 4.29. The fourth-order valence-corrected chi connectivity index (χ4v) is 2.99. The average Bonchev–Trinajstić information content (AvgIpc) is 2.44. The molecule has 3 heteroatoms. The van der Waals surface area contributed by atoms with Gasteiger partial charge in [0.2, 0.25) is 0 Å². The minimum Gasteiger partial charge on any atom is -0.381 e. The van der Waals surface area contributed by atoms with Gasteiger partial charge in [0.05, 0.1) is 0 Å². The fraction of sp³-hybridized carbons (Fsp3) is 0.500. The second-order valence-corrected chi connectivity index (χ2v) is 6.34. The first-order valence-corrected chi connectivity index (χ1v) is 8.49. The summed E-state index contributed by atoms with van der Waals surface area (Å²) in [5.74, 6) is 0. The third-order valence-corrected chi connectivity index (χ3v) is 3.79. The number of nitrogens with zero attached hydrogens (tertiary/aromatic N) is 2. The number of aryl methyl sites for hydroxylation is 6. The van der Waals surface area contributed by atoms with Crippen LogP contribution in [0.3, 0.4) is 0 Å². The van der Waals surface area contributed by atoms with Crippen LogP contribution >= 0.6 is 0 Å². The molecule has 0 radical (unpaired) electrons. The Hall–Kier alpha value is -1.74. The molecule has 0 fully saturated rings. The molecule has 0 spiro atoms. The Balaban J connectivity index is 1.60. The normalized spacial score (nSPS) is 11.0. The zero-order valence-electron chi connectivity index (χ0n) is 14.9. The standard InChI is InChI=1S/C20H28N2O/c1-15-11-19(12-16(2)21-15)7-5-9-23-10-6-8-20-13-17(3)22-18(4)14-20/h11-14H,5-10H2,1-4H3. The third-order valence-electron chi connectivity index (χ3n) is 3.79. The van der Waals surface area contributed by atoms with E-state index in [4.69, 9.17) is 4.74 Å². The smallest absolute Gasteiger partial charge is 0.0469 e. The minimum atomic E-state index is 0.828. The Labute approximate surface area is 140 Å². The maximum Gasteiger partial charge on any atom is 0.0469 e. The van der Waals surface area contributed by atoms with Crippen LogP contribution in [-0.4, -0.2) is 23.2 Å². The van der Waals surface area contributed by atoms with Crippen LogP contribution < -0.4 is 0 Å². The van der Waals surface area contributed by atoms with Crippen molar-refractivity contribution in [3.05, 3.63) is 58.2 Å². The molecule has 0 N–H and O–H groups in total. The summed E-state index contributed by atoms with van der Waals surface area (Å²) in [6.45, 7) is 9.86. The Bertz CT molecular complexity index is 542. The van der Waals surface area contributed by atoms with Crippen molar-refractivity contribution in [2.24, 2.45) is 0 Å². The monoisotopic (exact) mass is 312 g/mol. The van der Waals surface area contributed by atoms with Crippen LogP contribution in [-0.2, 0) is 17.6 Å². The molecule has 124 valence electrons. The van der Waals surface area contributed by atoms with Gasteiger partial charge in [0.25, 0.3) is 0 Å². The fourth-order valence-electron chi connectivity index (χ4n) is 2.99. The van der Waals surface area contributed by atoms with Crippen molar-refractivity contribution in [3.8, 4) is 0 Å². The summed E-state index contributed by atoms with van der Waals surface area (Å²) in [7, 11) is 0. The van der Waals surface area contributed by atoms with Gasteiger partial charge in [-0.1, -0.05) is 0 Å². The number of hydrogen-bond acceptors (Lipinski definition) is 3. The molecule has 3 nitrogen and oxygen atoms in total. The SMILES string of the molecule is Cc1cc(CCCOCCCc2cc(C)nc(C)c2)cc(C)n1. The zero-order chi connectivity index (χ0) is 16.7. The number of aromatic nitrogens is 2. The molecule has 0 amide bonds. The van der Waals surface area contributed by atoms with Crippen LogP contribution in [0, 0.1) is 27.7 Å². The molecule has 23 heavy (non-hydrogen) atoms. The molecule has 0 atom stereocenters. The van der Waals surface area contributed by atoms with Crippen LogP contribution in [0.2, 0.25) is 0 Å². The van der Waals surface area contributed by atoms with E-state index in [0.717, 1.165) is 61.7 Å². The Kier molecular flexibility index (Phi) is 6.72. The van der Waals surface area contributed by atoms with Crippen molar-refractivity contribution in [3.63, 3.8) is 0 Å². The molecule has 0 saturated heterocycles. The predicted molar refractivity (Wildman–Crippen MR) is 94.9 cm³/mol. The van der Waals surface area contributed by atoms with Crippen LogP contribution in [0.1, 0.15) is 46.7 Å². The summed E-state index contributed by atoms with van der Waals surface area (Å²) in [6, 6.07) is 8.67. The first kappa shape index (κ1) is 17.6. The highest BCUT2D eigenvalue weighted by molar-refractivity contribution is 5.21. The van der Waals surface area contributed by atoms with Crippen molar-refractivity contribution in [2.45, 2.75) is 53.4 Å². The Morgan fingerprint density at radius 3 is 1.35 bits per heavy atom. The lowest BCUT2D eigenvalue weighted by molar-refractivity contribution is 0.130. The molecule has 0 aromatic carbocycles. The summed E-state index contributed by atoms with van der Waals surface area (Å²) in [6.07, 6.45) is 4.26. The number of rotatable bonds is 8. The largest absolute Gasteiger partial charge is 0.381 e. The summed E-state index contributed by atoms with van der Waals surface area (Å²) >= 11 is 0. The first-order chi connectivity index (χ1) is 11.0. The van der Waals surface area contributed by atoms with Gasteiger partial charge in [-0.15, -0.1) is 0 Å². The van der Waals surface area contributed by atoms with E-state index in [-0.39, 0.29) is 0 Å². The van der Waals surface area contributed by atoms with Gasteiger partial charge in [0.15, 0.2) is 0 Å². The van der Waals surface area contributed by atoms with Gasteiger partial charge in [-0.05, 0) is 88.8 Å². The molecular formula is C20H28N2O. The molecule has 2 aromatic heterocycles. The van der Waals surface area contributed by atoms with E-state index in [2.05, 4.69) is 61.9 Å². The van der Waals surface area contributed by atoms with E-state index in [9.17, 15) is 0 Å². The third kappa shape index (κ3) is 6.49. The molecule has 2 rings (SSSR count). The Morgan fingerprint density at radius 1 is 0.652 bits per heavy atom. The van der Waals surface area contributed by atoms with Gasteiger partial charge >= 0.3 is 0 Å². The lowest BCUT2D eigenvalue weighted by atomic mass is 10.1. The highest BCUT2D eigenvalue weighted by Crippen LogP contribution is 2.09. The van der Waals surface area contributed by atoms with Crippen LogP contribution in [0.25, 0.3) is 0 Å². The van der Waals surface area contributed by atoms with Gasteiger partial charge < -0.3 is 4.74 Å². The second-order valence-electron chi connectivity index (χ2n) is 6.34. The molecular weight excluding hydrogens is 284 g/mol. The number of ether oxygens (including phenoxy) is 1. The van der Waals surface area contributed by atoms with Crippen LogP contribution in [0.15, 0.2) is 24.3 Å². The first-order valence-electron chi connectivity index (χ1n) is 8.49. The highest BCUT2D eigenvalue weighted by Gasteiger charge is 1.99. The van der Waals surface area contributed by atoms with Crippen molar-refractivity contribution < 1.29 is 4.74 Å². The van der Waals surface area contributed by atoms with Crippen LogP contribution in [0.4, 0.5) is 0 Å².